The van der Waals surface area contributed by atoms with Crippen LogP contribution in [0.4, 0.5) is 11.5 Å². The van der Waals surface area contributed by atoms with Gasteiger partial charge < -0.3 is 10.3 Å². The molecule has 1 aliphatic rings. The number of piperidine rings is 1. The Bertz CT molecular complexity index is 1760. The van der Waals surface area contributed by atoms with E-state index >= 15 is 0 Å². The van der Waals surface area contributed by atoms with Crippen molar-refractivity contribution in [1.82, 2.24) is 24.0 Å². The molecule has 0 bridgehead atoms. The zero-order valence-electron chi connectivity index (χ0n) is 24.5. The van der Waals surface area contributed by atoms with Crippen LogP contribution in [0.3, 0.4) is 0 Å². The van der Waals surface area contributed by atoms with E-state index in [1.807, 2.05) is 10.7 Å². The number of anilines is 2. The van der Waals surface area contributed by atoms with E-state index in [4.69, 9.17) is 5.10 Å². The highest BCUT2D eigenvalue weighted by atomic mass is 32.2. The molecule has 0 saturated carbocycles. The second-order valence-electron chi connectivity index (χ2n) is 11.5. The van der Waals surface area contributed by atoms with Gasteiger partial charge in [0.2, 0.25) is 10.0 Å². The molecule has 220 valence electrons. The quantitative estimate of drug-likeness (QED) is 0.289. The SMILES string of the molecule is CC(C)c1ccc(CN2CCC(CC#N)(n3nc(Nc4ccc(S(=O)(=O)N(C)C)cc4)c4c(=O)[nH]ccc43)CC2)cc1. The first kappa shape index (κ1) is 29.5. The highest BCUT2D eigenvalue weighted by Gasteiger charge is 2.39. The van der Waals surface area contributed by atoms with Gasteiger partial charge in [-0.05, 0) is 60.2 Å². The summed E-state index contributed by atoms with van der Waals surface area (Å²) >= 11 is 0. The Morgan fingerprint density at radius 3 is 2.33 bits per heavy atom. The third-order valence-electron chi connectivity index (χ3n) is 8.20. The fraction of sp³-hybridized carbons (Fsp3) is 0.387. The third-order valence-corrected chi connectivity index (χ3v) is 10.0. The van der Waals surface area contributed by atoms with E-state index in [1.165, 1.54) is 37.4 Å². The number of benzene rings is 2. The monoisotopic (exact) mass is 587 g/mol. The molecular formula is C31H37N7O3S. The predicted molar refractivity (Wildman–Crippen MR) is 164 cm³/mol. The second kappa shape index (κ2) is 11.7. The number of hydrogen-bond donors (Lipinski definition) is 2. The molecule has 0 atom stereocenters. The Morgan fingerprint density at radius 1 is 1.07 bits per heavy atom. The largest absolute Gasteiger partial charge is 0.338 e. The average Bonchev–Trinajstić information content (AvgIpc) is 3.35. The van der Waals surface area contributed by atoms with Crippen LogP contribution >= 0.6 is 0 Å². The summed E-state index contributed by atoms with van der Waals surface area (Å²) in [6, 6.07) is 19.3. The van der Waals surface area contributed by atoms with E-state index in [0.717, 1.165) is 23.9 Å². The molecule has 2 aromatic carbocycles. The number of aromatic nitrogens is 3. The van der Waals surface area contributed by atoms with Crippen LogP contribution in [0, 0.1) is 11.3 Å². The van der Waals surface area contributed by atoms with Crippen molar-refractivity contribution in [1.29, 1.82) is 5.26 Å². The standard InChI is InChI=1S/C31H37N7O3S/c1-22(2)24-7-5-23(6-8-24)21-37-19-15-31(14-17-32,16-20-37)38-27-13-18-33-30(39)28(27)29(35-38)34-25-9-11-26(12-10-25)42(40,41)36(3)4/h5-13,18,22H,14-16,19-21H2,1-4H3,(H,33,39)(H,34,35). The van der Waals surface area contributed by atoms with E-state index in [-0.39, 0.29) is 16.9 Å². The molecule has 1 saturated heterocycles. The zero-order valence-corrected chi connectivity index (χ0v) is 25.3. The topological polar surface area (TPSA) is 127 Å². The number of fused-ring (bicyclic) bond motifs is 1. The van der Waals surface area contributed by atoms with Crippen molar-refractivity contribution < 1.29 is 8.42 Å². The van der Waals surface area contributed by atoms with Crippen LogP contribution in [0.15, 0.2) is 70.5 Å². The number of rotatable bonds is 9. The zero-order chi connectivity index (χ0) is 30.1. The third kappa shape index (κ3) is 5.70. The summed E-state index contributed by atoms with van der Waals surface area (Å²) < 4.78 is 28.0. The molecule has 1 fully saturated rings. The van der Waals surface area contributed by atoms with Crippen molar-refractivity contribution >= 4 is 32.4 Å². The summed E-state index contributed by atoms with van der Waals surface area (Å²) in [5, 5.41) is 18.4. The van der Waals surface area contributed by atoms with E-state index in [0.29, 0.717) is 41.2 Å². The minimum absolute atomic E-state index is 0.168. The molecule has 0 aliphatic carbocycles. The summed E-state index contributed by atoms with van der Waals surface area (Å²) in [5.41, 5.74) is 2.98. The van der Waals surface area contributed by atoms with Crippen molar-refractivity contribution in [3.8, 4) is 6.07 Å². The van der Waals surface area contributed by atoms with E-state index in [9.17, 15) is 18.5 Å². The first-order chi connectivity index (χ1) is 20.0. The molecule has 2 N–H and O–H groups in total. The van der Waals surface area contributed by atoms with E-state index < -0.39 is 15.6 Å². The number of sulfonamides is 1. The molecule has 0 spiro atoms. The second-order valence-corrected chi connectivity index (χ2v) is 13.6. The summed E-state index contributed by atoms with van der Waals surface area (Å²) in [4.78, 5) is 18.3. The van der Waals surface area contributed by atoms with Crippen LogP contribution in [0.5, 0.6) is 0 Å². The van der Waals surface area contributed by atoms with Gasteiger partial charge in [0.15, 0.2) is 5.82 Å². The van der Waals surface area contributed by atoms with Crippen molar-refractivity contribution in [3.05, 3.63) is 82.3 Å². The lowest BCUT2D eigenvalue weighted by atomic mass is 9.84. The summed E-state index contributed by atoms with van der Waals surface area (Å²) in [6.07, 6.45) is 3.29. The molecule has 0 amide bonds. The average molecular weight is 588 g/mol. The number of hydrogen-bond acceptors (Lipinski definition) is 7. The highest BCUT2D eigenvalue weighted by Crippen LogP contribution is 2.38. The minimum atomic E-state index is -3.57. The lowest BCUT2D eigenvalue weighted by Crippen LogP contribution is -2.46. The predicted octanol–water partition coefficient (Wildman–Crippen LogP) is 4.75. The van der Waals surface area contributed by atoms with E-state index in [1.54, 1.807) is 18.3 Å². The van der Waals surface area contributed by atoms with Crippen LogP contribution in [0.25, 0.3) is 10.9 Å². The fourth-order valence-electron chi connectivity index (χ4n) is 5.59. The van der Waals surface area contributed by atoms with Crippen LogP contribution in [0.2, 0.25) is 0 Å². The number of nitrogens with zero attached hydrogens (tertiary/aromatic N) is 5. The first-order valence-electron chi connectivity index (χ1n) is 14.1. The molecular weight excluding hydrogens is 550 g/mol. The number of nitriles is 1. The number of nitrogens with one attached hydrogen (secondary N) is 2. The van der Waals surface area contributed by atoms with Crippen molar-refractivity contribution in [2.75, 3.05) is 32.5 Å². The van der Waals surface area contributed by atoms with Gasteiger partial charge in [0, 0.05) is 45.6 Å². The normalized spacial score (nSPS) is 15.7. The van der Waals surface area contributed by atoms with Crippen LogP contribution in [-0.4, -0.2) is 59.6 Å². The summed E-state index contributed by atoms with van der Waals surface area (Å²) in [7, 11) is -0.598. The molecule has 1 aliphatic heterocycles. The Morgan fingerprint density at radius 2 is 1.74 bits per heavy atom. The van der Waals surface area contributed by atoms with Gasteiger partial charge in [-0.15, -0.1) is 0 Å². The molecule has 5 rings (SSSR count). The maximum absolute atomic E-state index is 13.0. The summed E-state index contributed by atoms with van der Waals surface area (Å²) in [6.45, 7) is 6.81. The van der Waals surface area contributed by atoms with Crippen molar-refractivity contribution in [2.24, 2.45) is 0 Å². The molecule has 0 unspecified atom stereocenters. The number of pyridine rings is 1. The van der Waals surface area contributed by atoms with Gasteiger partial charge in [0.05, 0.1) is 28.4 Å². The van der Waals surface area contributed by atoms with Gasteiger partial charge in [-0.1, -0.05) is 38.1 Å². The molecule has 2 aromatic heterocycles. The van der Waals surface area contributed by atoms with E-state index in [2.05, 4.69) is 59.4 Å². The van der Waals surface area contributed by atoms with Gasteiger partial charge in [0.25, 0.3) is 5.56 Å². The number of likely N-dealkylation sites (tertiary alicyclic amines) is 1. The molecule has 42 heavy (non-hydrogen) atoms. The van der Waals surface area contributed by atoms with Crippen molar-refractivity contribution in [3.63, 3.8) is 0 Å². The lowest BCUT2D eigenvalue weighted by Gasteiger charge is -2.41. The maximum atomic E-state index is 13.0. The van der Waals surface area contributed by atoms with Crippen LogP contribution in [-0.2, 0) is 22.1 Å². The van der Waals surface area contributed by atoms with Gasteiger partial charge in [-0.25, -0.2) is 12.7 Å². The highest BCUT2D eigenvalue weighted by molar-refractivity contribution is 7.89. The van der Waals surface area contributed by atoms with Crippen LogP contribution in [0.1, 0.15) is 50.2 Å². The van der Waals surface area contributed by atoms with Gasteiger partial charge >= 0.3 is 0 Å². The van der Waals surface area contributed by atoms with Gasteiger partial charge in [0.1, 0.15) is 5.39 Å². The maximum Gasteiger partial charge on any atom is 0.261 e. The number of H-pyrrole nitrogens is 1. The fourth-order valence-corrected chi connectivity index (χ4v) is 6.49. The Balaban J connectivity index is 1.42. The number of aromatic amines is 1. The molecule has 0 radical (unpaired) electrons. The molecule has 11 heteroatoms. The molecule has 10 nitrogen and oxygen atoms in total. The van der Waals surface area contributed by atoms with Gasteiger partial charge in [-0.3, -0.25) is 14.4 Å². The smallest absolute Gasteiger partial charge is 0.261 e. The van der Waals surface area contributed by atoms with Gasteiger partial charge in [-0.2, -0.15) is 10.4 Å². The summed E-state index contributed by atoms with van der Waals surface area (Å²) in [5.74, 6) is 0.856. The first-order valence-corrected chi connectivity index (χ1v) is 15.6. The lowest BCUT2D eigenvalue weighted by molar-refractivity contribution is 0.101. The Labute approximate surface area is 246 Å². The minimum Gasteiger partial charge on any atom is -0.338 e. The Kier molecular flexibility index (Phi) is 8.23. The van der Waals surface area contributed by atoms with Crippen molar-refractivity contribution in [2.45, 2.75) is 56.0 Å². The Hall–Kier alpha value is -3.98. The molecule has 4 aromatic rings. The van der Waals surface area contributed by atoms with Crippen LogP contribution < -0.4 is 10.9 Å². The molecule has 3 heterocycles.